The molecule has 0 aliphatic carbocycles. The van der Waals surface area contributed by atoms with Crippen LogP contribution in [0.4, 0.5) is 0 Å². The van der Waals surface area contributed by atoms with E-state index >= 15 is 0 Å². The second-order valence-corrected chi connectivity index (χ2v) is 7.19. The molecule has 1 aromatic rings. The van der Waals surface area contributed by atoms with Gasteiger partial charge >= 0.3 is 0 Å². The Balaban J connectivity index is 1.87. The highest BCUT2D eigenvalue weighted by atomic mass is 16.3. The highest BCUT2D eigenvalue weighted by Crippen LogP contribution is 2.15. The quantitative estimate of drug-likeness (QED) is 0.253. The summed E-state index contributed by atoms with van der Waals surface area (Å²) in [4.78, 5) is 7.25. The van der Waals surface area contributed by atoms with E-state index in [0.29, 0.717) is 0 Å². The predicted molar refractivity (Wildman–Crippen MR) is 108 cm³/mol. The van der Waals surface area contributed by atoms with Gasteiger partial charge in [0.1, 0.15) is 5.82 Å². The molecule has 0 spiro atoms. The van der Waals surface area contributed by atoms with Crippen LogP contribution < -0.4 is 0 Å². The molecule has 3 heteroatoms. The summed E-state index contributed by atoms with van der Waals surface area (Å²) in [6.07, 6.45) is 23.9. The smallest absolute Gasteiger partial charge is 0.232 e. The lowest BCUT2D eigenvalue weighted by atomic mass is 10.0. The molecule has 144 valence electrons. The lowest BCUT2D eigenvalue weighted by Crippen LogP contribution is -1.84. The van der Waals surface area contributed by atoms with Crippen LogP contribution >= 0.6 is 0 Å². The molecule has 0 atom stereocenters. The van der Waals surface area contributed by atoms with E-state index in [4.69, 9.17) is 0 Å². The van der Waals surface area contributed by atoms with Gasteiger partial charge < -0.3 is 10.1 Å². The summed E-state index contributed by atoms with van der Waals surface area (Å²) >= 11 is 0. The monoisotopic (exact) mass is 348 g/mol. The number of nitrogens with one attached hydrogen (secondary N) is 1. The molecule has 2 N–H and O–H groups in total. The Morgan fingerprint density at radius 2 is 1.36 bits per heavy atom. The number of aromatic amines is 1. The van der Waals surface area contributed by atoms with Crippen LogP contribution in [0.5, 0.6) is 5.88 Å². The van der Waals surface area contributed by atoms with Crippen molar-refractivity contribution in [2.45, 2.75) is 110 Å². The van der Waals surface area contributed by atoms with Crippen molar-refractivity contribution in [3.63, 3.8) is 0 Å². The Bertz CT molecular complexity index is 451. The van der Waals surface area contributed by atoms with E-state index in [1.807, 2.05) is 6.92 Å². The summed E-state index contributed by atoms with van der Waals surface area (Å²) in [6.45, 7) is 4.31. The van der Waals surface area contributed by atoms with Crippen LogP contribution in [0.25, 0.3) is 0 Å². The maximum absolute atomic E-state index is 9.70. The molecule has 0 unspecified atom stereocenters. The number of allylic oxidation sites excluding steroid dienone is 2. The number of nitrogens with zero attached hydrogens (tertiary/aromatic N) is 1. The molecule has 0 aliphatic rings. The Morgan fingerprint density at radius 3 is 1.88 bits per heavy atom. The zero-order chi connectivity index (χ0) is 18.2. The molecule has 0 radical (unpaired) electrons. The van der Waals surface area contributed by atoms with E-state index in [0.717, 1.165) is 30.8 Å². The maximum Gasteiger partial charge on any atom is 0.232 e. The molecule has 0 fully saturated rings. The third-order valence-corrected chi connectivity index (χ3v) is 4.85. The molecule has 0 bridgehead atoms. The average molecular weight is 349 g/mol. The Kier molecular flexibility index (Phi) is 13.1. The number of aromatic nitrogens is 2. The second-order valence-electron chi connectivity index (χ2n) is 7.19. The fraction of sp³-hybridized carbons (Fsp3) is 0.773. The lowest BCUT2D eigenvalue weighted by molar-refractivity contribution is 0.450. The minimum Gasteiger partial charge on any atom is -0.492 e. The van der Waals surface area contributed by atoms with Crippen LogP contribution in [0, 0.1) is 0 Å². The van der Waals surface area contributed by atoms with Crippen LogP contribution in [-0.4, -0.2) is 15.1 Å². The molecular weight excluding hydrogens is 308 g/mol. The first-order valence-electron chi connectivity index (χ1n) is 10.7. The Morgan fingerprint density at radius 1 is 0.800 bits per heavy atom. The van der Waals surface area contributed by atoms with Gasteiger partial charge in [0.25, 0.3) is 0 Å². The topological polar surface area (TPSA) is 48.9 Å². The van der Waals surface area contributed by atoms with Crippen molar-refractivity contribution in [3.8, 4) is 5.88 Å². The highest BCUT2D eigenvalue weighted by molar-refractivity contribution is 5.21. The molecule has 1 aromatic heterocycles. The standard InChI is InChI=1S/C22H40N2O/c1-3-5-6-7-8-9-10-11-12-13-14-15-16-17-18-19-20-22(25)24-21(4-2)23-20/h17-18,25H,3-16,19H2,1-2H3,(H,23,24). The van der Waals surface area contributed by atoms with Crippen molar-refractivity contribution >= 4 is 0 Å². The summed E-state index contributed by atoms with van der Waals surface area (Å²) in [5.74, 6) is 1.02. The van der Waals surface area contributed by atoms with Crippen LogP contribution in [0.2, 0.25) is 0 Å². The summed E-state index contributed by atoms with van der Waals surface area (Å²) in [6, 6.07) is 0. The number of hydrogen-bond donors (Lipinski definition) is 2. The summed E-state index contributed by atoms with van der Waals surface area (Å²) < 4.78 is 0. The highest BCUT2D eigenvalue weighted by Gasteiger charge is 2.05. The van der Waals surface area contributed by atoms with Crippen molar-refractivity contribution in [1.29, 1.82) is 0 Å². The average Bonchev–Trinajstić information content (AvgIpc) is 2.98. The van der Waals surface area contributed by atoms with Gasteiger partial charge in [0.05, 0.1) is 5.69 Å². The van der Waals surface area contributed by atoms with E-state index in [-0.39, 0.29) is 5.88 Å². The number of hydrogen-bond acceptors (Lipinski definition) is 2. The van der Waals surface area contributed by atoms with Gasteiger partial charge in [-0.1, -0.05) is 96.6 Å². The second kappa shape index (κ2) is 15.0. The molecule has 0 saturated carbocycles. The number of unbranched alkanes of at least 4 members (excludes halogenated alkanes) is 12. The number of aromatic hydroxyl groups is 1. The van der Waals surface area contributed by atoms with E-state index in [1.54, 1.807) is 0 Å². The lowest BCUT2D eigenvalue weighted by Gasteiger charge is -2.02. The van der Waals surface area contributed by atoms with Crippen molar-refractivity contribution in [2.24, 2.45) is 0 Å². The van der Waals surface area contributed by atoms with Gasteiger partial charge in [-0.2, -0.15) is 4.98 Å². The van der Waals surface area contributed by atoms with Gasteiger partial charge in [-0.15, -0.1) is 0 Å². The normalized spacial score (nSPS) is 11.6. The minimum absolute atomic E-state index is 0.159. The van der Waals surface area contributed by atoms with E-state index in [1.165, 1.54) is 77.0 Å². The fourth-order valence-electron chi connectivity index (χ4n) is 3.19. The van der Waals surface area contributed by atoms with Gasteiger partial charge in [0.15, 0.2) is 0 Å². The van der Waals surface area contributed by atoms with Crippen LogP contribution in [0.1, 0.15) is 109 Å². The van der Waals surface area contributed by atoms with Gasteiger partial charge in [-0.05, 0) is 12.8 Å². The Labute approximate surface area is 155 Å². The third kappa shape index (κ3) is 11.1. The molecule has 1 heterocycles. The van der Waals surface area contributed by atoms with Crippen molar-refractivity contribution in [3.05, 3.63) is 23.7 Å². The van der Waals surface area contributed by atoms with E-state index in [9.17, 15) is 5.11 Å². The molecule has 25 heavy (non-hydrogen) atoms. The fourth-order valence-corrected chi connectivity index (χ4v) is 3.19. The molecule has 0 aromatic carbocycles. The minimum atomic E-state index is 0.159. The predicted octanol–water partition coefficient (Wildman–Crippen LogP) is 6.87. The molecular formula is C22H40N2O. The van der Waals surface area contributed by atoms with Crippen molar-refractivity contribution in [1.82, 2.24) is 9.97 Å². The molecule has 3 nitrogen and oxygen atoms in total. The number of H-pyrrole nitrogens is 1. The maximum atomic E-state index is 9.70. The first-order chi connectivity index (χ1) is 12.3. The van der Waals surface area contributed by atoms with Crippen LogP contribution in [-0.2, 0) is 12.8 Å². The van der Waals surface area contributed by atoms with Crippen molar-refractivity contribution < 1.29 is 5.11 Å². The molecule has 0 amide bonds. The summed E-state index contributed by atoms with van der Waals surface area (Å²) in [5, 5.41) is 9.70. The third-order valence-electron chi connectivity index (χ3n) is 4.85. The Hall–Kier alpha value is -1.25. The van der Waals surface area contributed by atoms with Gasteiger partial charge in [0.2, 0.25) is 5.88 Å². The van der Waals surface area contributed by atoms with Crippen LogP contribution in [0.3, 0.4) is 0 Å². The number of aryl methyl sites for hydroxylation is 1. The largest absolute Gasteiger partial charge is 0.492 e. The first-order valence-corrected chi connectivity index (χ1v) is 10.7. The van der Waals surface area contributed by atoms with E-state index < -0.39 is 0 Å². The van der Waals surface area contributed by atoms with E-state index in [2.05, 4.69) is 29.0 Å². The zero-order valence-electron chi connectivity index (χ0n) is 16.7. The van der Waals surface area contributed by atoms with Gasteiger partial charge in [-0.3, -0.25) is 0 Å². The zero-order valence-corrected chi connectivity index (χ0v) is 16.7. The van der Waals surface area contributed by atoms with Gasteiger partial charge in [0, 0.05) is 12.8 Å². The first kappa shape index (κ1) is 21.8. The SMILES string of the molecule is CCCCCCCCCCCCCCC=CCc1[nH]c(CC)nc1O. The number of imidazole rings is 1. The summed E-state index contributed by atoms with van der Waals surface area (Å²) in [5.41, 5.74) is 0.836. The number of rotatable bonds is 16. The van der Waals surface area contributed by atoms with Crippen LogP contribution in [0.15, 0.2) is 12.2 Å². The van der Waals surface area contributed by atoms with Gasteiger partial charge in [-0.25, -0.2) is 0 Å². The molecule has 1 rings (SSSR count). The summed E-state index contributed by atoms with van der Waals surface area (Å²) in [7, 11) is 0. The molecule has 0 aliphatic heterocycles. The van der Waals surface area contributed by atoms with Crippen molar-refractivity contribution in [2.75, 3.05) is 0 Å². The molecule has 0 saturated heterocycles.